The molecule has 0 bridgehead atoms. The lowest BCUT2D eigenvalue weighted by Crippen LogP contribution is -2.20. The van der Waals surface area contributed by atoms with Crippen molar-refractivity contribution in [3.63, 3.8) is 0 Å². The highest BCUT2D eigenvalue weighted by Gasteiger charge is 2.22. The van der Waals surface area contributed by atoms with Gasteiger partial charge in [0.25, 0.3) is 0 Å². The predicted octanol–water partition coefficient (Wildman–Crippen LogP) is 2.05. The second kappa shape index (κ2) is 5.05. The summed E-state index contributed by atoms with van der Waals surface area (Å²) < 4.78 is 7.73. The average molecular weight is 257 g/mol. The smallest absolute Gasteiger partial charge is 0.127 e. The number of hydrogen-bond donors (Lipinski definition) is 1. The topological polar surface area (TPSA) is 39.1 Å². The van der Waals surface area contributed by atoms with E-state index < -0.39 is 0 Å². The molecule has 1 aliphatic rings. The summed E-state index contributed by atoms with van der Waals surface area (Å²) in [7, 11) is 3.91. The first-order valence-electron chi connectivity index (χ1n) is 6.70. The van der Waals surface area contributed by atoms with Gasteiger partial charge in [0.15, 0.2) is 0 Å². The molecule has 2 heterocycles. The minimum Gasteiger partial charge on any atom is -0.493 e. The molecule has 0 saturated heterocycles. The molecule has 19 heavy (non-hydrogen) atoms. The molecule has 2 aromatic rings. The number of hydrogen-bond acceptors (Lipinski definition) is 3. The van der Waals surface area contributed by atoms with Crippen LogP contribution in [0, 0.1) is 0 Å². The maximum Gasteiger partial charge on any atom is 0.127 e. The molecule has 1 atom stereocenters. The first-order chi connectivity index (χ1) is 9.29. The van der Waals surface area contributed by atoms with Crippen molar-refractivity contribution in [2.75, 3.05) is 13.7 Å². The Bertz CT molecular complexity index is 577. The van der Waals surface area contributed by atoms with E-state index in [4.69, 9.17) is 4.74 Å². The lowest BCUT2D eigenvalue weighted by atomic mass is 9.95. The normalized spacial score (nSPS) is 15.7. The summed E-state index contributed by atoms with van der Waals surface area (Å²) in [5, 5.41) is 7.62. The van der Waals surface area contributed by atoms with Gasteiger partial charge in [0.2, 0.25) is 0 Å². The number of para-hydroxylation sites is 1. The second-order valence-electron chi connectivity index (χ2n) is 4.96. The molecular weight excluding hydrogens is 238 g/mol. The number of aromatic nitrogens is 2. The minimum atomic E-state index is 0.127. The van der Waals surface area contributed by atoms with Gasteiger partial charge in [0.1, 0.15) is 5.75 Å². The van der Waals surface area contributed by atoms with Crippen LogP contribution in [0.3, 0.4) is 0 Å². The number of fused-ring (bicyclic) bond motifs is 1. The molecule has 4 heteroatoms. The van der Waals surface area contributed by atoms with Crippen molar-refractivity contribution in [2.24, 2.45) is 7.05 Å². The summed E-state index contributed by atoms with van der Waals surface area (Å²) in [6.45, 7) is 0.813. The molecule has 4 nitrogen and oxygen atoms in total. The van der Waals surface area contributed by atoms with Gasteiger partial charge in [-0.15, -0.1) is 0 Å². The fourth-order valence-electron chi connectivity index (χ4n) is 2.73. The Hall–Kier alpha value is -1.81. The lowest BCUT2D eigenvalue weighted by Gasteiger charge is -2.24. The van der Waals surface area contributed by atoms with Crippen molar-refractivity contribution in [3.05, 3.63) is 47.3 Å². The van der Waals surface area contributed by atoms with Crippen LogP contribution in [0.5, 0.6) is 5.75 Å². The number of benzene rings is 1. The van der Waals surface area contributed by atoms with Crippen LogP contribution in [0.25, 0.3) is 0 Å². The third-order valence-corrected chi connectivity index (χ3v) is 3.62. The lowest BCUT2D eigenvalue weighted by molar-refractivity contribution is 0.283. The van der Waals surface area contributed by atoms with Crippen molar-refractivity contribution in [1.29, 1.82) is 0 Å². The Labute approximate surface area is 113 Å². The third kappa shape index (κ3) is 2.24. The zero-order chi connectivity index (χ0) is 13.2. The van der Waals surface area contributed by atoms with Crippen LogP contribution >= 0.6 is 0 Å². The predicted molar refractivity (Wildman–Crippen MR) is 74.4 cm³/mol. The Kier molecular flexibility index (Phi) is 3.25. The van der Waals surface area contributed by atoms with Crippen LogP contribution in [-0.4, -0.2) is 23.4 Å². The maximum atomic E-state index is 5.90. The van der Waals surface area contributed by atoms with Crippen LogP contribution in [0.4, 0.5) is 0 Å². The van der Waals surface area contributed by atoms with E-state index in [0.29, 0.717) is 0 Å². The number of nitrogens with zero attached hydrogens (tertiary/aromatic N) is 2. The Morgan fingerprint density at radius 3 is 3.05 bits per heavy atom. The summed E-state index contributed by atoms with van der Waals surface area (Å²) in [6.07, 6.45) is 6.16. The summed E-state index contributed by atoms with van der Waals surface area (Å²) in [6, 6.07) is 6.54. The fraction of sp³-hybridized carbons (Fsp3) is 0.400. The van der Waals surface area contributed by atoms with E-state index in [1.54, 1.807) is 0 Å². The van der Waals surface area contributed by atoms with Gasteiger partial charge in [-0.3, -0.25) is 4.68 Å². The van der Waals surface area contributed by atoms with Crippen molar-refractivity contribution >= 4 is 0 Å². The van der Waals surface area contributed by atoms with Gasteiger partial charge in [-0.25, -0.2) is 0 Å². The molecule has 1 aromatic heterocycles. The van der Waals surface area contributed by atoms with Crippen LogP contribution in [0.1, 0.15) is 29.2 Å². The summed E-state index contributed by atoms with van der Waals surface area (Å²) >= 11 is 0. The number of ether oxygens (including phenoxy) is 1. The third-order valence-electron chi connectivity index (χ3n) is 3.62. The summed E-state index contributed by atoms with van der Waals surface area (Å²) in [5.74, 6) is 1.05. The van der Waals surface area contributed by atoms with Gasteiger partial charge in [-0.05, 0) is 25.5 Å². The molecule has 0 aliphatic carbocycles. The fourth-order valence-corrected chi connectivity index (χ4v) is 2.73. The molecule has 1 aliphatic heterocycles. The Morgan fingerprint density at radius 1 is 1.42 bits per heavy atom. The van der Waals surface area contributed by atoms with Gasteiger partial charge in [0, 0.05) is 24.4 Å². The maximum absolute atomic E-state index is 5.90. The van der Waals surface area contributed by atoms with E-state index in [9.17, 15) is 0 Å². The van der Waals surface area contributed by atoms with Gasteiger partial charge < -0.3 is 10.1 Å². The van der Waals surface area contributed by atoms with Crippen LogP contribution in [-0.2, 0) is 13.5 Å². The zero-order valence-electron chi connectivity index (χ0n) is 11.4. The minimum absolute atomic E-state index is 0.127. The van der Waals surface area contributed by atoms with E-state index in [1.165, 1.54) is 11.1 Å². The molecule has 1 aromatic carbocycles. The highest BCUT2D eigenvalue weighted by molar-refractivity contribution is 5.47. The van der Waals surface area contributed by atoms with Crippen LogP contribution in [0.15, 0.2) is 30.6 Å². The van der Waals surface area contributed by atoms with E-state index in [-0.39, 0.29) is 6.04 Å². The standard InChI is InChI=1S/C15H19N3O/c1-16-14(12-9-17-18(2)10-12)13-7-3-5-11-6-4-8-19-15(11)13/h3,5,7,9-10,14,16H,4,6,8H2,1-2H3. The van der Waals surface area contributed by atoms with Crippen LogP contribution < -0.4 is 10.1 Å². The second-order valence-corrected chi connectivity index (χ2v) is 4.96. The van der Waals surface area contributed by atoms with E-state index >= 15 is 0 Å². The molecule has 0 radical (unpaired) electrons. The molecule has 0 fully saturated rings. The van der Waals surface area contributed by atoms with Gasteiger partial charge in [-0.2, -0.15) is 5.10 Å². The van der Waals surface area contributed by atoms with E-state index in [0.717, 1.165) is 30.8 Å². The molecule has 3 rings (SSSR count). The summed E-state index contributed by atoms with van der Waals surface area (Å²) in [5.41, 5.74) is 3.67. The molecule has 0 spiro atoms. The van der Waals surface area contributed by atoms with Gasteiger partial charge in [-0.1, -0.05) is 18.2 Å². The van der Waals surface area contributed by atoms with E-state index in [1.807, 2.05) is 31.2 Å². The van der Waals surface area contributed by atoms with Crippen molar-refractivity contribution in [3.8, 4) is 5.75 Å². The van der Waals surface area contributed by atoms with Crippen molar-refractivity contribution in [1.82, 2.24) is 15.1 Å². The molecule has 0 amide bonds. The molecular formula is C15H19N3O. The summed E-state index contributed by atoms with van der Waals surface area (Å²) in [4.78, 5) is 0. The van der Waals surface area contributed by atoms with E-state index in [2.05, 4.69) is 28.6 Å². The number of rotatable bonds is 3. The van der Waals surface area contributed by atoms with Gasteiger partial charge >= 0.3 is 0 Å². The molecule has 1 N–H and O–H groups in total. The first-order valence-corrected chi connectivity index (χ1v) is 6.70. The SMILES string of the molecule is CNC(c1cnn(C)c1)c1cccc2c1OCCC2. The van der Waals surface area contributed by atoms with Crippen molar-refractivity contribution in [2.45, 2.75) is 18.9 Å². The quantitative estimate of drug-likeness (QED) is 0.914. The molecule has 1 unspecified atom stereocenters. The van der Waals surface area contributed by atoms with Crippen LogP contribution in [0.2, 0.25) is 0 Å². The molecule has 0 saturated carbocycles. The number of aryl methyl sites for hydroxylation is 2. The Balaban J connectivity index is 2.04. The highest BCUT2D eigenvalue weighted by atomic mass is 16.5. The first kappa shape index (κ1) is 12.2. The Morgan fingerprint density at radius 2 is 2.32 bits per heavy atom. The van der Waals surface area contributed by atoms with Gasteiger partial charge in [0.05, 0.1) is 18.8 Å². The monoisotopic (exact) mass is 257 g/mol. The largest absolute Gasteiger partial charge is 0.493 e. The average Bonchev–Trinajstić information content (AvgIpc) is 2.86. The number of nitrogens with one attached hydrogen (secondary N) is 1. The molecule has 100 valence electrons. The highest BCUT2D eigenvalue weighted by Crippen LogP contribution is 2.35. The van der Waals surface area contributed by atoms with Crippen molar-refractivity contribution < 1.29 is 4.74 Å². The zero-order valence-corrected chi connectivity index (χ0v) is 11.4.